The number of hydrogen-bond acceptors (Lipinski definition) is 3. The lowest BCUT2D eigenvalue weighted by molar-refractivity contribution is 0.369. The molecule has 0 atom stereocenters. The van der Waals surface area contributed by atoms with Gasteiger partial charge >= 0.3 is 0 Å². The predicted molar refractivity (Wildman–Crippen MR) is 103 cm³/mol. The second-order valence-electron chi connectivity index (χ2n) is 5.90. The largest absolute Gasteiger partial charge is 0.481 e. The third-order valence-electron chi connectivity index (χ3n) is 4.36. The standard InChI is InChI=1S/C19H29N5O/c1-6-13-10-9-11-14(7-2)17(13)22-19(20)21-12-15-16(8-3)23-24(4)18(15)25-5/h9-11H,6-8,12H2,1-5H3,(H3,20,21,22). The van der Waals surface area contributed by atoms with Crippen LogP contribution in [0.3, 0.4) is 0 Å². The zero-order valence-corrected chi connectivity index (χ0v) is 15.9. The highest BCUT2D eigenvalue weighted by molar-refractivity contribution is 5.93. The van der Waals surface area contributed by atoms with E-state index in [1.807, 2.05) is 7.05 Å². The van der Waals surface area contributed by atoms with E-state index in [9.17, 15) is 0 Å². The van der Waals surface area contributed by atoms with Crippen LogP contribution in [-0.4, -0.2) is 22.8 Å². The Morgan fingerprint density at radius 3 is 2.36 bits per heavy atom. The molecule has 0 aliphatic carbocycles. The molecule has 0 spiro atoms. The summed E-state index contributed by atoms with van der Waals surface area (Å²) < 4.78 is 7.20. The first-order chi connectivity index (χ1) is 12.0. The number of methoxy groups -OCH3 is 1. The van der Waals surface area contributed by atoms with Gasteiger partial charge in [0.2, 0.25) is 5.88 Å². The van der Waals surface area contributed by atoms with E-state index in [0.717, 1.165) is 42.1 Å². The van der Waals surface area contributed by atoms with Gasteiger partial charge in [0.15, 0.2) is 5.96 Å². The second kappa shape index (κ2) is 8.55. The fourth-order valence-electron chi connectivity index (χ4n) is 3.04. The van der Waals surface area contributed by atoms with Crippen molar-refractivity contribution in [2.24, 2.45) is 17.8 Å². The van der Waals surface area contributed by atoms with Crippen molar-refractivity contribution in [3.05, 3.63) is 40.6 Å². The normalized spacial score (nSPS) is 11.6. The van der Waals surface area contributed by atoms with Crippen molar-refractivity contribution in [3.8, 4) is 5.88 Å². The number of nitrogens with one attached hydrogen (secondary N) is 1. The van der Waals surface area contributed by atoms with Crippen LogP contribution in [0.2, 0.25) is 0 Å². The number of aryl methyl sites for hydroxylation is 4. The lowest BCUT2D eigenvalue weighted by Gasteiger charge is -2.15. The van der Waals surface area contributed by atoms with Crippen molar-refractivity contribution in [2.45, 2.75) is 46.6 Å². The summed E-state index contributed by atoms with van der Waals surface area (Å²) in [6.07, 6.45) is 2.72. The maximum absolute atomic E-state index is 6.16. The number of ether oxygens (including phenoxy) is 1. The molecule has 25 heavy (non-hydrogen) atoms. The smallest absolute Gasteiger partial charge is 0.216 e. The SMILES string of the molecule is CCc1cccc(CC)c1NC(N)=NCc1c(CC)nn(C)c1OC. The monoisotopic (exact) mass is 343 g/mol. The van der Waals surface area contributed by atoms with Crippen molar-refractivity contribution in [1.82, 2.24) is 9.78 Å². The molecule has 0 amide bonds. The van der Waals surface area contributed by atoms with Crippen LogP contribution in [0.25, 0.3) is 0 Å². The molecule has 0 radical (unpaired) electrons. The van der Waals surface area contributed by atoms with E-state index in [4.69, 9.17) is 10.5 Å². The highest BCUT2D eigenvalue weighted by Gasteiger charge is 2.15. The molecule has 1 heterocycles. The highest BCUT2D eigenvalue weighted by Crippen LogP contribution is 2.24. The second-order valence-corrected chi connectivity index (χ2v) is 5.90. The van der Waals surface area contributed by atoms with Gasteiger partial charge < -0.3 is 15.8 Å². The Kier molecular flexibility index (Phi) is 6.44. The van der Waals surface area contributed by atoms with Crippen LogP contribution in [0.1, 0.15) is 43.2 Å². The molecule has 0 bridgehead atoms. The molecule has 2 rings (SSSR count). The topological polar surface area (TPSA) is 77.5 Å². The number of anilines is 1. The number of benzene rings is 1. The minimum absolute atomic E-state index is 0.406. The molecule has 0 aliphatic rings. The van der Waals surface area contributed by atoms with E-state index in [1.54, 1.807) is 11.8 Å². The van der Waals surface area contributed by atoms with Crippen molar-refractivity contribution < 1.29 is 4.74 Å². The Morgan fingerprint density at radius 1 is 1.20 bits per heavy atom. The summed E-state index contributed by atoms with van der Waals surface area (Å²) in [6, 6.07) is 6.33. The van der Waals surface area contributed by atoms with Gasteiger partial charge in [0, 0.05) is 12.7 Å². The number of nitrogens with two attached hydrogens (primary N) is 1. The van der Waals surface area contributed by atoms with E-state index < -0.39 is 0 Å². The number of rotatable bonds is 7. The van der Waals surface area contributed by atoms with Gasteiger partial charge in [0.25, 0.3) is 0 Å². The summed E-state index contributed by atoms with van der Waals surface area (Å²) in [5.74, 6) is 1.14. The van der Waals surface area contributed by atoms with Gasteiger partial charge in [-0.25, -0.2) is 9.67 Å². The minimum Gasteiger partial charge on any atom is -0.481 e. The first-order valence-electron chi connectivity index (χ1n) is 8.81. The molecule has 1 aromatic carbocycles. The quantitative estimate of drug-likeness (QED) is 0.598. The molecule has 1 aromatic heterocycles. The zero-order valence-electron chi connectivity index (χ0n) is 15.9. The summed E-state index contributed by atoms with van der Waals surface area (Å²) in [4.78, 5) is 4.52. The predicted octanol–water partition coefficient (Wildman–Crippen LogP) is 3.04. The molecule has 0 unspecified atom stereocenters. The van der Waals surface area contributed by atoms with Gasteiger partial charge in [0.1, 0.15) is 0 Å². The van der Waals surface area contributed by atoms with Crippen LogP contribution in [-0.2, 0) is 32.9 Å². The van der Waals surface area contributed by atoms with Gasteiger partial charge in [0.05, 0.1) is 24.9 Å². The van der Waals surface area contributed by atoms with Gasteiger partial charge in [-0.15, -0.1) is 0 Å². The van der Waals surface area contributed by atoms with E-state index in [1.165, 1.54) is 11.1 Å². The Balaban J connectivity index is 2.24. The van der Waals surface area contributed by atoms with Crippen LogP contribution < -0.4 is 15.8 Å². The molecule has 0 saturated heterocycles. The molecular weight excluding hydrogens is 314 g/mol. The molecular formula is C19H29N5O. The number of hydrogen-bond donors (Lipinski definition) is 2. The van der Waals surface area contributed by atoms with Gasteiger partial charge in [-0.2, -0.15) is 5.10 Å². The molecule has 0 aliphatic heterocycles. The zero-order chi connectivity index (χ0) is 18.4. The molecule has 3 N–H and O–H groups in total. The molecule has 136 valence electrons. The lowest BCUT2D eigenvalue weighted by Crippen LogP contribution is -2.24. The fourth-order valence-corrected chi connectivity index (χ4v) is 3.04. The Morgan fingerprint density at radius 2 is 1.84 bits per heavy atom. The number of aromatic nitrogens is 2. The third kappa shape index (κ3) is 4.13. The fraction of sp³-hybridized carbons (Fsp3) is 0.474. The molecule has 0 saturated carbocycles. The number of guanidine groups is 1. The first-order valence-corrected chi connectivity index (χ1v) is 8.81. The van der Waals surface area contributed by atoms with Gasteiger partial charge in [-0.3, -0.25) is 0 Å². The Bertz CT molecular complexity index is 726. The van der Waals surface area contributed by atoms with E-state index in [0.29, 0.717) is 12.5 Å². The lowest BCUT2D eigenvalue weighted by atomic mass is 10.0. The molecule has 2 aromatic rings. The maximum Gasteiger partial charge on any atom is 0.216 e. The van der Waals surface area contributed by atoms with E-state index >= 15 is 0 Å². The van der Waals surface area contributed by atoms with Crippen LogP contribution in [0.5, 0.6) is 5.88 Å². The van der Waals surface area contributed by atoms with E-state index in [-0.39, 0.29) is 0 Å². The average molecular weight is 343 g/mol. The summed E-state index contributed by atoms with van der Waals surface area (Å²) in [5.41, 5.74) is 11.7. The molecule has 6 nitrogen and oxygen atoms in total. The van der Waals surface area contributed by atoms with Gasteiger partial charge in [-0.1, -0.05) is 39.0 Å². The Labute approximate surface area is 150 Å². The first kappa shape index (κ1) is 18.8. The summed E-state index contributed by atoms with van der Waals surface area (Å²) in [6.45, 7) is 6.79. The maximum atomic E-state index is 6.16. The third-order valence-corrected chi connectivity index (χ3v) is 4.36. The minimum atomic E-state index is 0.406. The summed E-state index contributed by atoms with van der Waals surface area (Å²) in [7, 11) is 3.52. The number of aliphatic imine (C=N–C) groups is 1. The molecule has 0 fully saturated rings. The van der Waals surface area contributed by atoms with Gasteiger partial charge in [-0.05, 0) is 30.4 Å². The molecule has 6 heteroatoms. The van der Waals surface area contributed by atoms with Crippen LogP contribution in [0.4, 0.5) is 5.69 Å². The van der Waals surface area contributed by atoms with Crippen molar-refractivity contribution in [1.29, 1.82) is 0 Å². The summed E-state index contributed by atoms with van der Waals surface area (Å²) in [5, 5.41) is 7.77. The average Bonchev–Trinajstić information content (AvgIpc) is 2.94. The number of para-hydroxylation sites is 1. The van der Waals surface area contributed by atoms with Crippen molar-refractivity contribution >= 4 is 11.6 Å². The summed E-state index contributed by atoms with van der Waals surface area (Å²) >= 11 is 0. The highest BCUT2D eigenvalue weighted by atomic mass is 16.5. The number of nitrogens with zero attached hydrogens (tertiary/aromatic N) is 3. The van der Waals surface area contributed by atoms with Crippen molar-refractivity contribution in [3.63, 3.8) is 0 Å². The van der Waals surface area contributed by atoms with Crippen LogP contribution >= 0.6 is 0 Å². The van der Waals surface area contributed by atoms with Crippen molar-refractivity contribution in [2.75, 3.05) is 12.4 Å². The van der Waals surface area contributed by atoms with Crippen LogP contribution in [0, 0.1) is 0 Å². The Hall–Kier alpha value is -2.50. The van der Waals surface area contributed by atoms with Crippen LogP contribution in [0.15, 0.2) is 23.2 Å². The van der Waals surface area contributed by atoms with E-state index in [2.05, 4.69) is 54.4 Å².